The van der Waals surface area contributed by atoms with Crippen molar-refractivity contribution in [3.63, 3.8) is 0 Å². The maximum atomic E-state index is 12.3. The van der Waals surface area contributed by atoms with E-state index in [0.717, 1.165) is 0 Å². The lowest BCUT2D eigenvalue weighted by Crippen LogP contribution is -2.16. The number of aromatic nitrogens is 1. The summed E-state index contributed by atoms with van der Waals surface area (Å²) in [5.74, 6) is 1.10. The maximum Gasteiger partial charge on any atom is 0.237 e. The minimum Gasteiger partial charge on any atom is -0.486 e. The Bertz CT molecular complexity index is 791. The molecule has 2 aromatic rings. The summed E-state index contributed by atoms with van der Waals surface area (Å²) >= 11 is 0. The number of carbonyl (C=O) groups is 2. The molecule has 1 aromatic carbocycles. The number of hydrogen-bond donors (Lipinski definition) is 1. The van der Waals surface area contributed by atoms with E-state index in [-0.39, 0.29) is 24.5 Å². The van der Waals surface area contributed by atoms with Gasteiger partial charge in [0.25, 0.3) is 0 Å². The van der Waals surface area contributed by atoms with Gasteiger partial charge in [-0.2, -0.15) is 0 Å². The molecular formula is C18H18N2O5. The Morgan fingerprint density at radius 1 is 1.16 bits per heavy atom. The highest BCUT2D eigenvalue weighted by Crippen LogP contribution is 2.31. The first kappa shape index (κ1) is 16.8. The number of amides is 1. The summed E-state index contributed by atoms with van der Waals surface area (Å²) in [5, 5.41) is 2.69. The average Bonchev–Trinajstić information content (AvgIpc) is 2.66. The zero-order valence-corrected chi connectivity index (χ0v) is 13.8. The van der Waals surface area contributed by atoms with Gasteiger partial charge in [-0.15, -0.1) is 0 Å². The van der Waals surface area contributed by atoms with E-state index in [1.54, 1.807) is 36.5 Å². The average molecular weight is 342 g/mol. The zero-order chi connectivity index (χ0) is 17.6. The molecule has 1 N–H and O–H groups in total. The Kier molecular flexibility index (Phi) is 5.13. The van der Waals surface area contributed by atoms with Gasteiger partial charge >= 0.3 is 0 Å². The topological polar surface area (TPSA) is 86.8 Å². The lowest BCUT2D eigenvalue weighted by molar-refractivity contribution is -0.116. The second-order valence-corrected chi connectivity index (χ2v) is 5.39. The largest absolute Gasteiger partial charge is 0.486 e. The van der Waals surface area contributed by atoms with Gasteiger partial charge in [0.1, 0.15) is 18.9 Å². The third-order valence-corrected chi connectivity index (χ3v) is 3.68. The SMILES string of the molecule is COc1ncccc1NC(=O)CCC(=O)c1ccc2c(c1)OCCO2. The van der Waals surface area contributed by atoms with Crippen LogP contribution < -0.4 is 19.5 Å². The molecule has 7 heteroatoms. The van der Waals surface area contributed by atoms with Gasteiger partial charge in [0, 0.05) is 24.6 Å². The minimum atomic E-state index is -0.280. The van der Waals surface area contributed by atoms with Crippen molar-refractivity contribution in [2.45, 2.75) is 12.8 Å². The molecule has 0 unspecified atom stereocenters. The number of Topliss-reactive ketones (excluding diaryl/α,β-unsaturated/α-hetero) is 1. The number of nitrogens with zero attached hydrogens (tertiary/aromatic N) is 1. The van der Waals surface area contributed by atoms with Crippen molar-refractivity contribution in [3.05, 3.63) is 42.1 Å². The van der Waals surface area contributed by atoms with Gasteiger partial charge in [-0.3, -0.25) is 9.59 Å². The Balaban J connectivity index is 1.57. The third-order valence-electron chi connectivity index (χ3n) is 3.68. The van der Waals surface area contributed by atoms with Crippen LogP contribution in [0.3, 0.4) is 0 Å². The van der Waals surface area contributed by atoms with Gasteiger partial charge in [0.2, 0.25) is 11.8 Å². The number of ketones is 1. The van der Waals surface area contributed by atoms with Crippen molar-refractivity contribution in [1.82, 2.24) is 4.98 Å². The van der Waals surface area contributed by atoms with Gasteiger partial charge < -0.3 is 19.5 Å². The number of methoxy groups -OCH3 is 1. The molecule has 0 spiro atoms. The Morgan fingerprint density at radius 2 is 1.96 bits per heavy atom. The zero-order valence-electron chi connectivity index (χ0n) is 13.8. The molecule has 0 saturated heterocycles. The van der Waals surface area contributed by atoms with Crippen LogP contribution in [0.2, 0.25) is 0 Å². The monoisotopic (exact) mass is 342 g/mol. The lowest BCUT2D eigenvalue weighted by atomic mass is 10.1. The molecule has 1 aliphatic heterocycles. The molecule has 1 aliphatic rings. The molecule has 2 heterocycles. The van der Waals surface area contributed by atoms with E-state index in [0.29, 0.717) is 41.8 Å². The van der Waals surface area contributed by atoms with Gasteiger partial charge in [0.05, 0.1) is 7.11 Å². The highest BCUT2D eigenvalue weighted by atomic mass is 16.6. The smallest absolute Gasteiger partial charge is 0.237 e. The third kappa shape index (κ3) is 4.06. The molecule has 0 radical (unpaired) electrons. The van der Waals surface area contributed by atoms with Crippen molar-refractivity contribution in [2.24, 2.45) is 0 Å². The van der Waals surface area contributed by atoms with E-state index in [9.17, 15) is 9.59 Å². The lowest BCUT2D eigenvalue weighted by Gasteiger charge is -2.18. The van der Waals surface area contributed by atoms with Crippen molar-refractivity contribution in [3.8, 4) is 17.4 Å². The van der Waals surface area contributed by atoms with Crippen LogP contribution in [-0.2, 0) is 4.79 Å². The Hall–Kier alpha value is -3.09. The summed E-state index contributed by atoms with van der Waals surface area (Å²) in [4.78, 5) is 28.4. The summed E-state index contributed by atoms with van der Waals surface area (Å²) in [6.07, 6.45) is 1.72. The number of nitrogens with one attached hydrogen (secondary N) is 1. The van der Waals surface area contributed by atoms with Crippen LogP contribution in [0.15, 0.2) is 36.5 Å². The van der Waals surface area contributed by atoms with Crippen LogP contribution in [0.1, 0.15) is 23.2 Å². The van der Waals surface area contributed by atoms with E-state index in [1.807, 2.05) is 0 Å². The van der Waals surface area contributed by atoms with E-state index in [2.05, 4.69) is 10.3 Å². The van der Waals surface area contributed by atoms with Crippen molar-refractivity contribution in [2.75, 3.05) is 25.6 Å². The highest BCUT2D eigenvalue weighted by molar-refractivity contribution is 6.00. The van der Waals surface area contributed by atoms with E-state index < -0.39 is 0 Å². The second kappa shape index (κ2) is 7.65. The number of fused-ring (bicyclic) bond motifs is 1. The predicted octanol–water partition coefficient (Wildman–Crippen LogP) is 2.46. The van der Waals surface area contributed by atoms with E-state index in [4.69, 9.17) is 14.2 Å². The number of benzene rings is 1. The molecule has 1 amide bonds. The number of pyridine rings is 1. The molecule has 0 saturated carbocycles. The molecule has 0 atom stereocenters. The van der Waals surface area contributed by atoms with Crippen LogP contribution >= 0.6 is 0 Å². The quantitative estimate of drug-likeness (QED) is 0.812. The molecule has 25 heavy (non-hydrogen) atoms. The molecule has 1 aromatic heterocycles. The number of rotatable bonds is 6. The van der Waals surface area contributed by atoms with E-state index in [1.165, 1.54) is 7.11 Å². The van der Waals surface area contributed by atoms with Crippen molar-refractivity contribution >= 4 is 17.4 Å². The van der Waals surface area contributed by atoms with Crippen molar-refractivity contribution in [1.29, 1.82) is 0 Å². The maximum absolute atomic E-state index is 12.3. The standard InChI is InChI=1S/C18H18N2O5/c1-23-18-13(3-2-8-19-18)20-17(22)7-5-14(21)12-4-6-15-16(11-12)25-10-9-24-15/h2-4,6,8,11H,5,7,9-10H2,1H3,(H,20,22). The van der Waals surface area contributed by atoms with Gasteiger partial charge in [-0.1, -0.05) is 0 Å². The Labute approximate surface area is 144 Å². The van der Waals surface area contributed by atoms with Crippen molar-refractivity contribution < 1.29 is 23.8 Å². The van der Waals surface area contributed by atoms with Gasteiger partial charge in [-0.05, 0) is 30.3 Å². The van der Waals surface area contributed by atoms with Crippen LogP contribution in [0.5, 0.6) is 17.4 Å². The molecular weight excluding hydrogens is 324 g/mol. The molecule has 3 rings (SSSR count). The summed E-state index contributed by atoms with van der Waals surface area (Å²) in [6, 6.07) is 8.42. The summed E-state index contributed by atoms with van der Waals surface area (Å²) in [7, 11) is 1.48. The van der Waals surface area contributed by atoms with Crippen LogP contribution in [-0.4, -0.2) is 37.0 Å². The second-order valence-electron chi connectivity index (χ2n) is 5.39. The van der Waals surface area contributed by atoms with Crippen LogP contribution in [0.4, 0.5) is 5.69 Å². The molecule has 0 fully saturated rings. The van der Waals surface area contributed by atoms with Gasteiger partial charge in [0.15, 0.2) is 17.3 Å². The fourth-order valence-electron chi connectivity index (χ4n) is 2.45. The fourth-order valence-corrected chi connectivity index (χ4v) is 2.45. The van der Waals surface area contributed by atoms with Crippen LogP contribution in [0, 0.1) is 0 Å². The fraction of sp³-hybridized carbons (Fsp3) is 0.278. The first-order valence-corrected chi connectivity index (χ1v) is 7.89. The number of hydrogen-bond acceptors (Lipinski definition) is 6. The Morgan fingerprint density at radius 3 is 2.76 bits per heavy atom. The highest BCUT2D eigenvalue weighted by Gasteiger charge is 2.16. The number of ether oxygens (including phenoxy) is 3. The summed E-state index contributed by atoms with van der Waals surface area (Å²) in [6.45, 7) is 0.957. The van der Waals surface area contributed by atoms with Crippen LogP contribution in [0.25, 0.3) is 0 Å². The molecule has 7 nitrogen and oxygen atoms in total. The first-order chi connectivity index (χ1) is 12.2. The molecule has 130 valence electrons. The molecule has 0 aliphatic carbocycles. The van der Waals surface area contributed by atoms with E-state index >= 15 is 0 Å². The number of anilines is 1. The molecule has 0 bridgehead atoms. The summed E-state index contributed by atoms with van der Waals surface area (Å²) in [5.41, 5.74) is 0.970. The normalized spacial score (nSPS) is 12.4. The summed E-state index contributed by atoms with van der Waals surface area (Å²) < 4.78 is 16.0. The first-order valence-electron chi connectivity index (χ1n) is 7.89. The minimum absolute atomic E-state index is 0.0608. The number of carbonyl (C=O) groups excluding carboxylic acids is 2. The van der Waals surface area contributed by atoms with Gasteiger partial charge in [-0.25, -0.2) is 4.98 Å². The predicted molar refractivity (Wildman–Crippen MR) is 90.4 cm³/mol.